The first-order valence-corrected chi connectivity index (χ1v) is 9.06. The van der Waals surface area contributed by atoms with E-state index in [0.29, 0.717) is 17.7 Å². The molecule has 1 aliphatic heterocycles. The molecule has 0 aliphatic carbocycles. The number of fused-ring (bicyclic) bond motifs is 1. The standard InChI is InChI=1S/C23H21NO4/c1-15-13-23(28-22(15)25,18-9-11-19(26-3)12-10-18)14-27-20-6-4-5-17-8-7-16(2)24-21(17)20/h4-12H,1,13-14H2,2-3H3. The zero-order chi connectivity index (χ0) is 19.7. The number of para-hydroxylation sites is 1. The molecule has 1 saturated heterocycles. The molecule has 28 heavy (non-hydrogen) atoms. The summed E-state index contributed by atoms with van der Waals surface area (Å²) in [6.07, 6.45) is 0.370. The van der Waals surface area contributed by atoms with E-state index in [1.165, 1.54) is 0 Å². The first-order valence-electron chi connectivity index (χ1n) is 9.06. The fraction of sp³-hybridized carbons (Fsp3) is 0.217. The molecule has 5 heteroatoms. The van der Waals surface area contributed by atoms with Gasteiger partial charge in [-0.1, -0.05) is 36.9 Å². The second kappa shape index (κ2) is 7.00. The van der Waals surface area contributed by atoms with Crippen LogP contribution in [0.25, 0.3) is 10.9 Å². The summed E-state index contributed by atoms with van der Waals surface area (Å²) in [5, 5.41) is 0.995. The molecule has 0 radical (unpaired) electrons. The summed E-state index contributed by atoms with van der Waals surface area (Å²) < 4.78 is 17.1. The Kier molecular flexibility index (Phi) is 4.51. The van der Waals surface area contributed by atoms with Crippen LogP contribution in [0.2, 0.25) is 0 Å². The molecule has 1 aromatic heterocycles. The minimum Gasteiger partial charge on any atom is -0.497 e. The fourth-order valence-electron chi connectivity index (χ4n) is 3.45. The molecule has 4 rings (SSSR count). The molecular weight excluding hydrogens is 354 g/mol. The summed E-state index contributed by atoms with van der Waals surface area (Å²) in [7, 11) is 1.61. The molecule has 2 aromatic carbocycles. The highest BCUT2D eigenvalue weighted by molar-refractivity contribution is 5.91. The van der Waals surface area contributed by atoms with Crippen LogP contribution in [-0.4, -0.2) is 24.7 Å². The third-order valence-electron chi connectivity index (χ3n) is 4.98. The fourth-order valence-corrected chi connectivity index (χ4v) is 3.45. The maximum absolute atomic E-state index is 12.1. The van der Waals surface area contributed by atoms with Crippen LogP contribution < -0.4 is 9.47 Å². The van der Waals surface area contributed by atoms with E-state index in [2.05, 4.69) is 11.6 Å². The number of nitrogens with zero attached hydrogens (tertiary/aromatic N) is 1. The zero-order valence-electron chi connectivity index (χ0n) is 15.9. The Morgan fingerprint density at radius 2 is 1.93 bits per heavy atom. The van der Waals surface area contributed by atoms with E-state index in [0.717, 1.165) is 27.9 Å². The number of aromatic nitrogens is 1. The Bertz CT molecular complexity index is 1040. The molecule has 142 valence electrons. The Morgan fingerprint density at radius 3 is 2.61 bits per heavy atom. The average Bonchev–Trinajstić information content (AvgIpc) is 3.01. The van der Waals surface area contributed by atoms with Crippen molar-refractivity contribution in [2.24, 2.45) is 0 Å². The van der Waals surface area contributed by atoms with Crippen molar-refractivity contribution in [3.05, 3.63) is 78.0 Å². The number of cyclic esters (lactones) is 1. The molecule has 5 nitrogen and oxygen atoms in total. The number of pyridine rings is 1. The minimum atomic E-state index is -0.924. The van der Waals surface area contributed by atoms with E-state index in [1.54, 1.807) is 7.11 Å². The number of aryl methyl sites for hydroxylation is 1. The summed E-state index contributed by atoms with van der Waals surface area (Å²) in [6, 6.07) is 17.2. The highest BCUT2D eigenvalue weighted by atomic mass is 16.6. The number of esters is 1. The van der Waals surface area contributed by atoms with Gasteiger partial charge in [0.25, 0.3) is 0 Å². The average molecular weight is 375 g/mol. The third kappa shape index (κ3) is 3.20. The van der Waals surface area contributed by atoms with Gasteiger partial charge in [0.05, 0.1) is 7.11 Å². The van der Waals surface area contributed by atoms with Gasteiger partial charge in [0, 0.05) is 23.1 Å². The Hall–Kier alpha value is -3.34. The molecule has 1 atom stereocenters. The van der Waals surface area contributed by atoms with Crippen LogP contribution in [0.5, 0.6) is 11.5 Å². The smallest absolute Gasteiger partial charge is 0.334 e. The third-order valence-corrected chi connectivity index (χ3v) is 4.98. The molecule has 2 heterocycles. The van der Waals surface area contributed by atoms with Crippen LogP contribution in [0.4, 0.5) is 0 Å². The normalized spacial score (nSPS) is 18.9. The number of rotatable bonds is 5. The van der Waals surface area contributed by atoms with Crippen molar-refractivity contribution in [2.45, 2.75) is 18.9 Å². The van der Waals surface area contributed by atoms with Gasteiger partial charge in [-0.15, -0.1) is 0 Å². The molecule has 0 bridgehead atoms. The maximum atomic E-state index is 12.1. The van der Waals surface area contributed by atoms with Crippen molar-refractivity contribution >= 4 is 16.9 Å². The molecule has 1 aliphatic rings. The second-order valence-electron chi connectivity index (χ2n) is 6.96. The lowest BCUT2D eigenvalue weighted by atomic mass is 9.90. The lowest BCUT2D eigenvalue weighted by Crippen LogP contribution is -2.33. The SMILES string of the molecule is C=C1CC(COc2cccc3ccc(C)nc23)(c2ccc(OC)cc2)OC1=O. The van der Waals surface area contributed by atoms with Crippen molar-refractivity contribution < 1.29 is 19.0 Å². The predicted octanol–water partition coefficient (Wildman–Crippen LogP) is 4.33. The number of hydrogen-bond acceptors (Lipinski definition) is 5. The highest BCUT2D eigenvalue weighted by Crippen LogP contribution is 2.40. The predicted molar refractivity (Wildman–Crippen MR) is 106 cm³/mol. The molecule has 0 saturated carbocycles. The minimum absolute atomic E-state index is 0.166. The van der Waals surface area contributed by atoms with Crippen LogP contribution in [0.3, 0.4) is 0 Å². The van der Waals surface area contributed by atoms with Gasteiger partial charge in [-0.25, -0.2) is 9.78 Å². The summed E-state index contributed by atoms with van der Waals surface area (Å²) >= 11 is 0. The van der Waals surface area contributed by atoms with Gasteiger partial charge in [-0.05, 0) is 36.8 Å². The van der Waals surface area contributed by atoms with Crippen molar-refractivity contribution in [1.29, 1.82) is 0 Å². The zero-order valence-corrected chi connectivity index (χ0v) is 15.9. The number of hydrogen-bond donors (Lipinski definition) is 0. The molecule has 1 fully saturated rings. The Morgan fingerprint density at radius 1 is 1.14 bits per heavy atom. The molecule has 0 spiro atoms. The molecule has 0 N–H and O–H groups in total. The van der Waals surface area contributed by atoms with E-state index in [9.17, 15) is 4.79 Å². The topological polar surface area (TPSA) is 57.6 Å². The van der Waals surface area contributed by atoms with Gasteiger partial charge in [0.2, 0.25) is 0 Å². The van der Waals surface area contributed by atoms with Crippen LogP contribution in [0, 0.1) is 6.92 Å². The van der Waals surface area contributed by atoms with Gasteiger partial charge in [0.15, 0.2) is 5.60 Å². The quantitative estimate of drug-likeness (QED) is 0.491. The summed E-state index contributed by atoms with van der Waals surface area (Å²) in [5.74, 6) is 0.991. The monoisotopic (exact) mass is 375 g/mol. The number of ether oxygens (including phenoxy) is 3. The Balaban J connectivity index is 1.68. The van der Waals surface area contributed by atoms with Gasteiger partial charge >= 0.3 is 5.97 Å². The molecule has 0 amide bonds. The van der Waals surface area contributed by atoms with Crippen LogP contribution in [0.15, 0.2) is 66.7 Å². The molecule has 1 unspecified atom stereocenters. The summed E-state index contributed by atoms with van der Waals surface area (Å²) in [6.45, 7) is 5.95. The van der Waals surface area contributed by atoms with E-state index >= 15 is 0 Å². The van der Waals surface area contributed by atoms with Crippen LogP contribution >= 0.6 is 0 Å². The second-order valence-corrected chi connectivity index (χ2v) is 6.96. The van der Waals surface area contributed by atoms with Crippen molar-refractivity contribution in [2.75, 3.05) is 13.7 Å². The molecular formula is C23H21NO4. The van der Waals surface area contributed by atoms with Crippen molar-refractivity contribution in [3.8, 4) is 11.5 Å². The summed E-state index contributed by atoms with van der Waals surface area (Å²) in [5.41, 5.74) is 2.05. The number of carbonyl (C=O) groups excluding carboxylic acids is 1. The number of benzene rings is 2. The van der Waals surface area contributed by atoms with Crippen molar-refractivity contribution in [1.82, 2.24) is 4.98 Å². The number of carbonyl (C=O) groups is 1. The first-order chi connectivity index (χ1) is 13.5. The van der Waals surface area contributed by atoms with E-state index in [1.807, 2.05) is 61.5 Å². The Labute approximate surface area is 163 Å². The first kappa shape index (κ1) is 18.0. The molecule has 3 aromatic rings. The van der Waals surface area contributed by atoms with Crippen LogP contribution in [-0.2, 0) is 15.1 Å². The lowest BCUT2D eigenvalue weighted by Gasteiger charge is -2.28. The van der Waals surface area contributed by atoms with Gasteiger partial charge in [-0.2, -0.15) is 0 Å². The van der Waals surface area contributed by atoms with Crippen LogP contribution in [0.1, 0.15) is 17.7 Å². The largest absolute Gasteiger partial charge is 0.497 e. The van der Waals surface area contributed by atoms with Gasteiger partial charge in [0.1, 0.15) is 23.6 Å². The maximum Gasteiger partial charge on any atom is 0.334 e. The van der Waals surface area contributed by atoms with E-state index in [4.69, 9.17) is 14.2 Å². The van der Waals surface area contributed by atoms with Crippen molar-refractivity contribution in [3.63, 3.8) is 0 Å². The van der Waals surface area contributed by atoms with Gasteiger partial charge < -0.3 is 14.2 Å². The van der Waals surface area contributed by atoms with E-state index < -0.39 is 11.6 Å². The highest BCUT2D eigenvalue weighted by Gasteiger charge is 2.45. The van der Waals surface area contributed by atoms with Gasteiger partial charge in [-0.3, -0.25) is 0 Å². The lowest BCUT2D eigenvalue weighted by molar-refractivity contribution is -0.150. The summed E-state index contributed by atoms with van der Waals surface area (Å²) in [4.78, 5) is 16.7. The van der Waals surface area contributed by atoms with E-state index in [-0.39, 0.29) is 6.61 Å². The number of methoxy groups -OCH3 is 1.